The molecule has 3 N–H and O–H groups in total. The summed E-state index contributed by atoms with van der Waals surface area (Å²) in [6, 6.07) is 23.9. The highest BCUT2D eigenvalue weighted by Crippen LogP contribution is 2.39. The normalized spacial score (nSPS) is 13.3. The molecule has 0 aliphatic heterocycles. The molecule has 3 amide bonds. The van der Waals surface area contributed by atoms with Crippen molar-refractivity contribution in [3.63, 3.8) is 0 Å². The number of nitrogens with one attached hydrogen (secondary N) is 3. The first kappa shape index (κ1) is 36.6. The number of thiophene rings is 1. The second-order valence-corrected chi connectivity index (χ2v) is 14.7. The summed E-state index contributed by atoms with van der Waals surface area (Å²) in [4.78, 5) is 55.2. The number of aryl methyl sites for hydroxylation is 1. The van der Waals surface area contributed by atoms with E-state index in [0.717, 1.165) is 46.6 Å². The number of ether oxygens (including phenoxy) is 1. The summed E-state index contributed by atoms with van der Waals surface area (Å²) in [5.41, 5.74) is 4.47. The zero-order valence-corrected chi connectivity index (χ0v) is 30.5. The maximum Gasteiger partial charge on any atom is 0.341 e. The van der Waals surface area contributed by atoms with Crippen LogP contribution in [0.1, 0.15) is 95.2 Å². The number of anilines is 2. The van der Waals surface area contributed by atoms with E-state index in [1.165, 1.54) is 28.7 Å². The number of fused-ring (bicyclic) bond motifs is 1. The topological polar surface area (TPSA) is 114 Å². The molecular weight excluding hydrogens is 667 g/mol. The third kappa shape index (κ3) is 9.31. The van der Waals surface area contributed by atoms with E-state index in [0.29, 0.717) is 34.2 Å². The van der Waals surface area contributed by atoms with Gasteiger partial charge in [-0.2, -0.15) is 0 Å². The molecule has 1 aliphatic carbocycles. The van der Waals surface area contributed by atoms with Crippen molar-refractivity contribution in [3.05, 3.63) is 117 Å². The molecule has 4 aromatic rings. The average Bonchev–Trinajstić information content (AvgIpc) is 3.48. The monoisotopic (exact) mass is 709 g/mol. The number of carbonyl (C=O) groups is 4. The van der Waals surface area contributed by atoms with Crippen molar-refractivity contribution in [1.29, 1.82) is 0 Å². The second-order valence-electron chi connectivity index (χ2n) is 12.3. The van der Waals surface area contributed by atoms with E-state index in [2.05, 4.69) is 29.8 Å². The molecule has 0 saturated carbocycles. The minimum absolute atomic E-state index is 0.0936. The second kappa shape index (κ2) is 17.3. The Morgan fingerprint density at radius 1 is 0.900 bits per heavy atom. The molecule has 0 radical (unpaired) electrons. The minimum atomic E-state index is -0.484. The van der Waals surface area contributed by atoms with E-state index < -0.39 is 23.0 Å². The van der Waals surface area contributed by atoms with Gasteiger partial charge in [0.25, 0.3) is 11.8 Å². The van der Waals surface area contributed by atoms with Crippen LogP contribution >= 0.6 is 23.1 Å². The molecule has 50 heavy (non-hydrogen) atoms. The predicted molar refractivity (Wildman–Crippen MR) is 203 cm³/mol. The molecule has 5 rings (SSSR count). The van der Waals surface area contributed by atoms with Crippen LogP contribution in [0.5, 0.6) is 0 Å². The largest absolute Gasteiger partial charge is 0.462 e. The van der Waals surface area contributed by atoms with Crippen molar-refractivity contribution in [2.24, 2.45) is 0 Å². The van der Waals surface area contributed by atoms with Crippen LogP contribution in [-0.2, 0) is 27.2 Å². The van der Waals surface area contributed by atoms with Crippen LogP contribution in [-0.4, -0.2) is 35.5 Å². The zero-order valence-electron chi connectivity index (χ0n) is 28.8. The van der Waals surface area contributed by atoms with E-state index in [9.17, 15) is 19.2 Å². The van der Waals surface area contributed by atoms with E-state index in [4.69, 9.17) is 4.74 Å². The Bertz CT molecular complexity index is 1870. The number of carbonyl (C=O) groups excluding carboxylic acids is 4. The Labute approximate surface area is 302 Å². The molecule has 1 aliphatic rings. The average molecular weight is 710 g/mol. The minimum Gasteiger partial charge on any atom is -0.462 e. The highest BCUT2D eigenvalue weighted by atomic mass is 32.2. The summed E-state index contributed by atoms with van der Waals surface area (Å²) in [7, 11) is 0. The van der Waals surface area contributed by atoms with Crippen LogP contribution in [0.2, 0.25) is 0 Å². The van der Waals surface area contributed by atoms with Crippen molar-refractivity contribution >= 4 is 63.6 Å². The van der Waals surface area contributed by atoms with Gasteiger partial charge < -0.3 is 20.7 Å². The lowest BCUT2D eigenvalue weighted by atomic mass is 9.95. The smallest absolute Gasteiger partial charge is 0.341 e. The number of hydrogen-bond acceptors (Lipinski definition) is 7. The lowest BCUT2D eigenvalue weighted by Crippen LogP contribution is -2.30. The zero-order chi connectivity index (χ0) is 35.6. The van der Waals surface area contributed by atoms with Crippen LogP contribution in [0, 0.1) is 0 Å². The first-order chi connectivity index (χ1) is 24.2. The molecule has 1 aromatic heterocycles. The molecule has 1 unspecified atom stereocenters. The fraction of sp³-hybridized carbons (Fsp3) is 0.300. The Kier molecular flexibility index (Phi) is 12.7. The number of amides is 3. The van der Waals surface area contributed by atoms with Crippen molar-refractivity contribution < 1.29 is 23.9 Å². The molecule has 8 nitrogen and oxygen atoms in total. The molecule has 1 heterocycles. The first-order valence-electron chi connectivity index (χ1n) is 17.0. The van der Waals surface area contributed by atoms with Gasteiger partial charge in [0.2, 0.25) is 5.91 Å². The number of benzene rings is 3. The van der Waals surface area contributed by atoms with Crippen molar-refractivity contribution in [3.8, 4) is 0 Å². The van der Waals surface area contributed by atoms with Crippen LogP contribution in [0.15, 0.2) is 89.5 Å². The lowest BCUT2D eigenvalue weighted by Gasteiger charge is -2.16. The number of esters is 1. The van der Waals surface area contributed by atoms with Gasteiger partial charge in [-0.3, -0.25) is 14.4 Å². The quantitative estimate of drug-likeness (QED) is 0.0727. The van der Waals surface area contributed by atoms with Gasteiger partial charge in [-0.05, 0) is 98.0 Å². The van der Waals surface area contributed by atoms with Gasteiger partial charge in [0.05, 0.1) is 17.4 Å². The van der Waals surface area contributed by atoms with Gasteiger partial charge >= 0.3 is 5.97 Å². The number of hydrogen-bond donors (Lipinski definition) is 3. The summed E-state index contributed by atoms with van der Waals surface area (Å²) in [6.07, 6.45) is 5.96. The molecular formula is C40H43N3O5S2. The number of rotatable bonds is 13. The standard InChI is InChI=1S/C40H43N3O5S2/c1-5-33(38(46)43-39-35(40(47)48-6-2)31-17-10-11-18-34(31)50-39)49-30-16-12-15-29(24-30)41-37(45)32(42-36(44)28-13-8-7-9-14-28)23-26-19-21-27(22-20-26)25(3)4/h7-9,12-16,19-25,33H,5-6,10-11,17-18H2,1-4H3,(H,41,45)(H,42,44)(H,43,46)/b32-23+. The number of thioether (sulfide) groups is 1. The van der Waals surface area contributed by atoms with Crippen molar-refractivity contribution in [2.45, 2.75) is 75.9 Å². The van der Waals surface area contributed by atoms with Crippen LogP contribution in [0.25, 0.3) is 6.08 Å². The fourth-order valence-electron chi connectivity index (χ4n) is 5.68. The predicted octanol–water partition coefficient (Wildman–Crippen LogP) is 8.85. The summed E-state index contributed by atoms with van der Waals surface area (Å²) >= 11 is 2.85. The van der Waals surface area contributed by atoms with Crippen LogP contribution < -0.4 is 16.0 Å². The Morgan fingerprint density at radius 3 is 2.34 bits per heavy atom. The van der Waals surface area contributed by atoms with E-state index in [-0.39, 0.29) is 18.2 Å². The van der Waals surface area contributed by atoms with Gasteiger partial charge in [0.1, 0.15) is 10.7 Å². The maximum atomic E-state index is 13.7. The Balaban J connectivity index is 1.32. The summed E-state index contributed by atoms with van der Waals surface area (Å²) in [5.74, 6) is -1.12. The first-order valence-corrected chi connectivity index (χ1v) is 18.7. The highest BCUT2D eigenvalue weighted by molar-refractivity contribution is 8.00. The Morgan fingerprint density at radius 2 is 1.64 bits per heavy atom. The molecule has 3 aromatic carbocycles. The van der Waals surface area contributed by atoms with E-state index in [1.54, 1.807) is 49.4 Å². The van der Waals surface area contributed by atoms with E-state index >= 15 is 0 Å². The van der Waals surface area contributed by atoms with Crippen LogP contribution in [0.3, 0.4) is 0 Å². The summed E-state index contributed by atoms with van der Waals surface area (Å²) in [5, 5.41) is 8.86. The van der Waals surface area contributed by atoms with Gasteiger partial charge in [-0.1, -0.05) is 69.3 Å². The SMILES string of the molecule is CCOC(=O)c1c(NC(=O)C(CC)Sc2cccc(NC(=O)/C(=C\c3ccc(C(C)C)cc3)NC(=O)c3ccccc3)c2)sc2c1CCCC2. The molecule has 0 bridgehead atoms. The summed E-state index contributed by atoms with van der Waals surface area (Å²) in [6.45, 7) is 8.21. The van der Waals surface area contributed by atoms with Gasteiger partial charge in [0, 0.05) is 21.0 Å². The van der Waals surface area contributed by atoms with Gasteiger partial charge in [-0.15, -0.1) is 23.1 Å². The molecule has 1 atom stereocenters. The molecule has 0 fully saturated rings. The third-order valence-electron chi connectivity index (χ3n) is 8.36. The molecule has 0 spiro atoms. The van der Waals surface area contributed by atoms with Crippen molar-refractivity contribution in [1.82, 2.24) is 5.32 Å². The Hall–Kier alpha value is -4.67. The van der Waals surface area contributed by atoms with Crippen molar-refractivity contribution in [2.75, 3.05) is 17.2 Å². The summed E-state index contributed by atoms with van der Waals surface area (Å²) < 4.78 is 5.36. The van der Waals surface area contributed by atoms with Gasteiger partial charge in [-0.25, -0.2) is 4.79 Å². The molecule has 10 heteroatoms. The third-order valence-corrected chi connectivity index (χ3v) is 10.9. The fourth-order valence-corrected chi connectivity index (χ4v) is 7.98. The van der Waals surface area contributed by atoms with E-state index in [1.807, 2.05) is 49.4 Å². The maximum absolute atomic E-state index is 13.7. The van der Waals surface area contributed by atoms with Crippen LogP contribution in [0.4, 0.5) is 10.7 Å². The molecule has 260 valence electrons. The molecule has 0 saturated heterocycles. The lowest BCUT2D eigenvalue weighted by molar-refractivity contribution is -0.116. The van der Waals surface area contributed by atoms with Gasteiger partial charge in [0.15, 0.2) is 0 Å². The highest BCUT2D eigenvalue weighted by Gasteiger charge is 2.29.